The van der Waals surface area contributed by atoms with Gasteiger partial charge in [0.05, 0.1) is 0 Å². The van der Waals surface area contributed by atoms with Crippen LogP contribution in [0.15, 0.2) is 28.8 Å². The zero-order valence-electron chi connectivity index (χ0n) is 14.1. The van der Waals surface area contributed by atoms with E-state index < -0.39 is 0 Å². The summed E-state index contributed by atoms with van der Waals surface area (Å²) < 4.78 is 5.28. The first-order chi connectivity index (χ1) is 11.4. The number of urea groups is 1. The van der Waals surface area contributed by atoms with Gasteiger partial charge in [-0.05, 0) is 43.4 Å². The van der Waals surface area contributed by atoms with Crippen LogP contribution >= 0.6 is 11.6 Å². The van der Waals surface area contributed by atoms with Gasteiger partial charge in [-0.2, -0.15) is 0 Å². The second-order valence-corrected chi connectivity index (χ2v) is 7.11. The van der Waals surface area contributed by atoms with Crippen LogP contribution in [0.2, 0.25) is 5.02 Å². The topological polar surface area (TPSA) is 67.2 Å². The Morgan fingerprint density at radius 3 is 2.58 bits per heavy atom. The molecule has 3 rings (SSSR count). The fourth-order valence-corrected chi connectivity index (χ4v) is 3.14. The van der Waals surface area contributed by atoms with E-state index in [9.17, 15) is 4.79 Å². The number of halogens is 1. The van der Waals surface area contributed by atoms with Gasteiger partial charge >= 0.3 is 6.03 Å². The predicted molar refractivity (Wildman–Crippen MR) is 94.7 cm³/mol. The van der Waals surface area contributed by atoms with E-state index in [0.29, 0.717) is 23.1 Å². The van der Waals surface area contributed by atoms with Gasteiger partial charge in [0.15, 0.2) is 5.76 Å². The summed E-state index contributed by atoms with van der Waals surface area (Å²) in [5.74, 6) is 1.35. The van der Waals surface area contributed by atoms with Crippen molar-refractivity contribution in [3.63, 3.8) is 0 Å². The lowest BCUT2D eigenvalue weighted by Crippen LogP contribution is -2.45. The van der Waals surface area contributed by atoms with Gasteiger partial charge in [0.25, 0.3) is 0 Å². The van der Waals surface area contributed by atoms with Crippen molar-refractivity contribution in [3.05, 3.63) is 46.3 Å². The lowest BCUT2D eigenvalue weighted by atomic mass is 9.76. The number of amides is 2. The highest BCUT2D eigenvalue weighted by atomic mass is 35.5. The minimum absolute atomic E-state index is 0.166. The molecular weight excluding hydrogens is 326 g/mol. The molecule has 0 bridgehead atoms. The molecule has 2 aromatic rings. The number of carbonyl (C=O) groups excluding carboxylic acids is 1. The van der Waals surface area contributed by atoms with Crippen molar-refractivity contribution in [2.75, 3.05) is 5.32 Å². The first kappa shape index (κ1) is 16.8. The summed E-state index contributed by atoms with van der Waals surface area (Å²) in [6.45, 7) is 5.84. The number of rotatable bonds is 4. The van der Waals surface area contributed by atoms with Crippen molar-refractivity contribution >= 4 is 23.3 Å². The fourth-order valence-electron chi connectivity index (χ4n) is 3.01. The van der Waals surface area contributed by atoms with Crippen LogP contribution in [-0.2, 0) is 0 Å². The van der Waals surface area contributed by atoms with Crippen LogP contribution in [-0.4, -0.2) is 17.2 Å². The predicted octanol–water partition coefficient (Wildman–Crippen LogP) is 4.83. The molecule has 0 aliphatic heterocycles. The smallest absolute Gasteiger partial charge is 0.319 e. The van der Waals surface area contributed by atoms with Crippen LogP contribution in [0, 0.1) is 6.92 Å². The van der Waals surface area contributed by atoms with E-state index in [1.165, 1.54) is 5.56 Å². The van der Waals surface area contributed by atoms with Crippen molar-refractivity contribution in [2.24, 2.45) is 0 Å². The third-order valence-electron chi connectivity index (χ3n) is 4.47. The molecule has 0 spiro atoms. The van der Waals surface area contributed by atoms with Crippen LogP contribution in [0.3, 0.4) is 0 Å². The van der Waals surface area contributed by atoms with E-state index in [1.807, 2.05) is 32.9 Å². The number of hydrogen-bond acceptors (Lipinski definition) is 3. The number of aryl methyl sites for hydroxylation is 1. The Bertz CT molecular complexity index is 718. The van der Waals surface area contributed by atoms with E-state index in [-0.39, 0.29) is 18.0 Å². The SMILES string of the molecule is Cc1noc(C(C)C)c1NC(=O)NC1CC(c2ccc(Cl)cc2)C1. The van der Waals surface area contributed by atoms with Gasteiger partial charge in [-0.15, -0.1) is 0 Å². The van der Waals surface area contributed by atoms with Gasteiger partial charge in [0.1, 0.15) is 11.4 Å². The second kappa shape index (κ2) is 6.85. The van der Waals surface area contributed by atoms with Crippen molar-refractivity contribution in [1.82, 2.24) is 10.5 Å². The maximum atomic E-state index is 12.2. The Hall–Kier alpha value is -2.01. The molecule has 1 aromatic heterocycles. The maximum absolute atomic E-state index is 12.2. The highest BCUT2D eigenvalue weighted by Gasteiger charge is 2.31. The summed E-state index contributed by atoms with van der Waals surface area (Å²) in [6.07, 6.45) is 1.88. The van der Waals surface area contributed by atoms with Gasteiger partial charge in [0.2, 0.25) is 0 Å². The largest absolute Gasteiger partial charge is 0.359 e. The highest BCUT2D eigenvalue weighted by molar-refractivity contribution is 6.30. The molecule has 1 aliphatic rings. The second-order valence-electron chi connectivity index (χ2n) is 6.68. The third kappa shape index (κ3) is 3.56. The first-order valence-corrected chi connectivity index (χ1v) is 8.61. The molecule has 1 saturated carbocycles. The minimum Gasteiger partial charge on any atom is -0.359 e. The number of hydrogen-bond donors (Lipinski definition) is 2. The number of nitrogens with one attached hydrogen (secondary N) is 2. The van der Waals surface area contributed by atoms with Gasteiger partial charge in [0, 0.05) is 17.0 Å². The van der Waals surface area contributed by atoms with E-state index in [0.717, 1.165) is 17.9 Å². The molecule has 0 atom stereocenters. The Labute approximate surface area is 146 Å². The average Bonchev–Trinajstić information content (AvgIpc) is 2.85. The van der Waals surface area contributed by atoms with Gasteiger partial charge < -0.3 is 15.2 Å². The van der Waals surface area contributed by atoms with Crippen LogP contribution < -0.4 is 10.6 Å². The molecule has 128 valence electrons. The van der Waals surface area contributed by atoms with E-state index in [2.05, 4.69) is 27.9 Å². The normalized spacial score (nSPS) is 19.9. The average molecular weight is 348 g/mol. The highest BCUT2D eigenvalue weighted by Crippen LogP contribution is 2.37. The number of aromatic nitrogens is 1. The monoisotopic (exact) mass is 347 g/mol. The number of carbonyl (C=O) groups is 1. The molecule has 24 heavy (non-hydrogen) atoms. The standard InChI is InChI=1S/C18H22ClN3O2/c1-10(2)17-16(11(3)22-24-17)21-18(23)20-15-8-13(9-15)12-4-6-14(19)7-5-12/h4-7,10,13,15H,8-9H2,1-3H3,(H2,20,21,23). The molecule has 0 radical (unpaired) electrons. The molecule has 1 fully saturated rings. The summed E-state index contributed by atoms with van der Waals surface area (Å²) in [5.41, 5.74) is 2.65. The molecule has 1 aliphatic carbocycles. The number of nitrogens with zero attached hydrogens (tertiary/aromatic N) is 1. The van der Waals surface area contributed by atoms with Crippen molar-refractivity contribution in [1.29, 1.82) is 0 Å². The molecule has 1 aromatic carbocycles. The summed E-state index contributed by atoms with van der Waals surface area (Å²) >= 11 is 5.91. The van der Waals surface area contributed by atoms with Gasteiger partial charge in [-0.1, -0.05) is 42.7 Å². The minimum atomic E-state index is -0.206. The molecule has 5 nitrogen and oxygen atoms in total. The van der Waals surface area contributed by atoms with Crippen LogP contribution in [0.1, 0.15) is 55.5 Å². The Balaban J connectivity index is 1.52. The lowest BCUT2D eigenvalue weighted by molar-refractivity contribution is 0.233. The molecule has 6 heteroatoms. The third-order valence-corrected chi connectivity index (χ3v) is 4.72. The summed E-state index contributed by atoms with van der Waals surface area (Å²) in [5, 5.41) is 10.6. The van der Waals surface area contributed by atoms with Crippen molar-refractivity contribution in [3.8, 4) is 0 Å². The summed E-state index contributed by atoms with van der Waals surface area (Å²) in [6, 6.07) is 7.91. The fraction of sp³-hybridized carbons (Fsp3) is 0.444. The Morgan fingerprint density at radius 1 is 1.29 bits per heavy atom. The lowest BCUT2D eigenvalue weighted by Gasteiger charge is -2.36. The van der Waals surface area contributed by atoms with Crippen molar-refractivity contribution in [2.45, 2.75) is 51.5 Å². The number of anilines is 1. The van der Waals surface area contributed by atoms with Crippen molar-refractivity contribution < 1.29 is 9.32 Å². The molecule has 1 heterocycles. The molecular formula is C18H22ClN3O2. The van der Waals surface area contributed by atoms with Gasteiger partial charge in [-0.3, -0.25) is 0 Å². The van der Waals surface area contributed by atoms with Crippen LogP contribution in [0.25, 0.3) is 0 Å². The molecule has 0 unspecified atom stereocenters. The van der Waals surface area contributed by atoms with E-state index in [4.69, 9.17) is 16.1 Å². The van der Waals surface area contributed by atoms with E-state index in [1.54, 1.807) is 0 Å². The summed E-state index contributed by atoms with van der Waals surface area (Å²) in [4.78, 5) is 12.2. The maximum Gasteiger partial charge on any atom is 0.319 e. The van der Waals surface area contributed by atoms with Crippen LogP contribution in [0.5, 0.6) is 0 Å². The summed E-state index contributed by atoms with van der Waals surface area (Å²) in [7, 11) is 0. The molecule has 2 N–H and O–H groups in total. The van der Waals surface area contributed by atoms with Crippen LogP contribution in [0.4, 0.5) is 10.5 Å². The molecule has 0 saturated heterocycles. The zero-order valence-corrected chi connectivity index (χ0v) is 14.9. The number of benzene rings is 1. The zero-order chi connectivity index (χ0) is 17.3. The van der Waals surface area contributed by atoms with Gasteiger partial charge in [-0.25, -0.2) is 4.79 Å². The Kier molecular flexibility index (Phi) is 4.81. The molecule has 2 amide bonds. The van der Waals surface area contributed by atoms with E-state index >= 15 is 0 Å². The first-order valence-electron chi connectivity index (χ1n) is 8.23. The quantitative estimate of drug-likeness (QED) is 0.832. The Morgan fingerprint density at radius 2 is 1.96 bits per heavy atom.